The highest BCUT2D eigenvalue weighted by atomic mass is 16.4. The molecule has 3 N–H and O–H groups in total. The van der Waals surface area contributed by atoms with Crippen molar-refractivity contribution in [3.8, 4) is 0 Å². The molecule has 1 atom stereocenters. The maximum absolute atomic E-state index is 11.3. The Kier molecular flexibility index (Phi) is 4.56. The Morgan fingerprint density at radius 2 is 2.04 bits per heavy atom. The number of aromatic nitrogens is 1. The van der Waals surface area contributed by atoms with E-state index in [4.69, 9.17) is 10.7 Å². The van der Waals surface area contributed by atoms with Gasteiger partial charge in [0.25, 0.3) is 0 Å². The first-order valence-electron chi connectivity index (χ1n) is 8.24. The zero-order valence-electron chi connectivity index (χ0n) is 14.2. The van der Waals surface area contributed by atoms with Crippen LogP contribution in [0.5, 0.6) is 0 Å². The molecule has 0 aliphatic carbocycles. The standard InChI is InChI=1S/C18H21N5O2/c1-3-12-15(11-8-6-5-7-9-11)22-16-13(20-12)10-14(21-17(16)19)23(4-2)18(24)25/h5-10,12,20H,3-4H2,1-2H3,(H2,19,21)(H,24,25)/p-1. The van der Waals surface area contributed by atoms with E-state index in [1.165, 1.54) is 0 Å². The Labute approximate surface area is 146 Å². The summed E-state index contributed by atoms with van der Waals surface area (Å²) in [5, 5.41) is 14.7. The second-order valence-electron chi connectivity index (χ2n) is 5.74. The van der Waals surface area contributed by atoms with E-state index in [0.717, 1.165) is 22.6 Å². The van der Waals surface area contributed by atoms with Crippen molar-refractivity contribution >= 4 is 34.8 Å². The van der Waals surface area contributed by atoms with Gasteiger partial charge in [0.05, 0.1) is 17.4 Å². The predicted octanol–water partition coefficient (Wildman–Crippen LogP) is 2.16. The highest BCUT2D eigenvalue weighted by Crippen LogP contribution is 2.38. The molecule has 2 aromatic rings. The van der Waals surface area contributed by atoms with E-state index >= 15 is 0 Å². The molecule has 25 heavy (non-hydrogen) atoms. The Morgan fingerprint density at radius 1 is 1.32 bits per heavy atom. The molecule has 0 saturated heterocycles. The number of anilines is 3. The predicted molar refractivity (Wildman–Crippen MR) is 97.4 cm³/mol. The number of hydrogen-bond acceptors (Lipinski definition) is 6. The molecule has 1 aromatic carbocycles. The number of aliphatic imine (C=N–C) groups is 1. The van der Waals surface area contributed by atoms with E-state index in [9.17, 15) is 9.90 Å². The quantitative estimate of drug-likeness (QED) is 0.888. The number of fused-ring (bicyclic) bond motifs is 1. The van der Waals surface area contributed by atoms with Crippen LogP contribution < -0.4 is 21.1 Å². The molecule has 1 aromatic heterocycles. The maximum atomic E-state index is 11.3. The minimum Gasteiger partial charge on any atom is -0.530 e. The van der Waals surface area contributed by atoms with Crippen LogP contribution in [-0.4, -0.2) is 29.4 Å². The Balaban J connectivity index is 2.09. The number of nitrogens with one attached hydrogen (secondary N) is 1. The molecule has 1 aliphatic heterocycles. The van der Waals surface area contributed by atoms with Crippen molar-refractivity contribution < 1.29 is 9.90 Å². The fourth-order valence-electron chi connectivity index (χ4n) is 2.92. The second-order valence-corrected chi connectivity index (χ2v) is 5.74. The summed E-state index contributed by atoms with van der Waals surface area (Å²) in [4.78, 5) is 21.2. The molecule has 0 saturated carbocycles. The number of nitrogens with two attached hydrogens (primary N) is 1. The number of nitrogen functional groups attached to an aromatic ring is 1. The zero-order chi connectivity index (χ0) is 18.0. The number of benzene rings is 1. The van der Waals surface area contributed by atoms with Gasteiger partial charge in [0.2, 0.25) is 0 Å². The molecule has 1 unspecified atom stereocenters. The molecular formula is C18H20N5O2-. The first-order valence-corrected chi connectivity index (χ1v) is 8.24. The van der Waals surface area contributed by atoms with Gasteiger partial charge in [-0.3, -0.25) is 0 Å². The molecule has 0 spiro atoms. The lowest BCUT2D eigenvalue weighted by atomic mass is 9.98. The van der Waals surface area contributed by atoms with E-state index in [1.807, 2.05) is 30.3 Å². The van der Waals surface area contributed by atoms with Crippen molar-refractivity contribution in [3.63, 3.8) is 0 Å². The van der Waals surface area contributed by atoms with Crippen LogP contribution in [0.1, 0.15) is 25.8 Å². The van der Waals surface area contributed by atoms with Crippen molar-refractivity contribution in [1.82, 2.24) is 4.98 Å². The number of pyridine rings is 1. The lowest BCUT2D eigenvalue weighted by molar-refractivity contribution is -0.246. The maximum Gasteiger partial charge on any atom is 0.153 e. The van der Waals surface area contributed by atoms with Crippen molar-refractivity contribution in [1.29, 1.82) is 0 Å². The van der Waals surface area contributed by atoms with Crippen molar-refractivity contribution in [2.45, 2.75) is 26.3 Å². The summed E-state index contributed by atoms with van der Waals surface area (Å²) < 4.78 is 0. The summed E-state index contributed by atoms with van der Waals surface area (Å²) >= 11 is 0. The van der Waals surface area contributed by atoms with Gasteiger partial charge < -0.3 is 25.9 Å². The molecule has 1 aliphatic rings. The average molecular weight is 338 g/mol. The molecule has 0 radical (unpaired) electrons. The summed E-state index contributed by atoms with van der Waals surface area (Å²) in [5.74, 6) is 0.419. The molecule has 130 valence electrons. The van der Waals surface area contributed by atoms with Gasteiger partial charge >= 0.3 is 0 Å². The van der Waals surface area contributed by atoms with Gasteiger partial charge in [0, 0.05) is 12.6 Å². The van der Waals surface area contributed by atoms with Crippen LogP contribution in [0.25, 0.3) is 0 Å². The van der Waals surface area contributed by atoms with Crippen LogP contribution in [0.3, 0.4) is 0 Å². The number of amides is 1. The van der Waals surface area contributed by atoms with E-state index in [0.29, 0.717) is 11.4 Å². The highest BCUT2D eigenvalue weighted by molar-refractivity contribution is 6.10. The molecule has 0 bridgehead atoms. The minimum absolute atomic E-state index is 0.00239. The largest absolute Gasteiger partial charge is 0.530 e. The number of rotatable bonds is 4. The third kappa shape index (κ3) is 3.13. The molecule has 1 amide bonds. The minimum atomic E-state index is -1.31. The Bertz CT molecular complexity index is 820. The highest BCUT2D eigenvalue weighted by Gasteiger charge is 2.25. The van der Waals surface area contributed by atoms with Crippen molar-refractivity contribution in [3.05, 3.63) is 42.0 Å². The number of hydrogen-bond donors (Lipinski definition) is 2. The monoisotopic (exact) mass is 338 g/mol. The van der Waals surface area contributed by atoms with Crippen LogP contribution >= 0.6 is 0 Å². The summed E-state index contributed by atoms with van der Waals surface area (Å²) in [6.07, 6.45) is -0.492. The van der Waals surface area contributed by atoms with Gasteiger partial charge in [-0.15, -0.1) is 0 Å². The van der Waals surface area contributed by atoms with Gasteiger partial charge in [-0.05, 0) is 18.9 Å². The number of nitrogens with zero attached hydrogens (tertiary/aromatic N) is 3. The molecule has 3 rings (SSSR count). The first kappa shape index (κ1) is 16.8. The van der Waals surface area contributed by atoms with Crippen LogP contribution in [0.4, 0.5) is 27.8 Å². The number of carboxylic acid groups (broad SMARTS) is 1. The van der Waals surface area contributed by atoms with Crippen LogP contribution in [-0.2, 0) is 0 Å². The summed E-state index contributed by atoms with van der Waals surface area (Å²) in [5.41, 5.74) is 9.18. The van der Waals surface area contributed by atoms with Crippen LogP contribution in [0.2, 0.25) is 0 Å². The van der Waals surface area contributed by atoms with Gasteiger partial charge in [0.15, 0.2) is 5.82 Å². The Morgan fingerprint density at radius 3 is 2.64 bits per heavy atom. The van der Waals surface area contributed by atoms with Crippen LogP contribution in [0, 0.1) is 0 Å². The molecule has 0 fully saturated rings. The molecule has 7 nitrogen and oxygen atoms in total. The van der Waals surface area contributed by atoms with Gasteiger partial charge in [-0.25, -0.2) is 9.98 Å². The van der Waals surface area contributed by atoms with Crippen LogP contribution in [0.15, 0.2) is 41.4 Å². The molecule has 2 heterocycles. The molecular weight excluding hydrogens is 318 g/mol. The average Bonchev–Trinajstić information content (AvgIpc) is 2.61. The number of carbonyl (C=O) groups excluding carboxylic acids is 1. The van der Waals surface area contributed by atoms with Gasteiger partial charge in [-0.1, -0.05) is 37.3 Å². The zero-order valence-corrected chi connectivity index (χ0v) is 14.2. The van der Waals surface area contributed by atoms with E-state index in [-0.39, 0.29) is 24.2 Å². The summed E-state index contributed by atoms with van der Waals surface area (Å²) in [6, 6.07) is 11.5. The summed E-state index contributed by atoms with van der Waals surface area (Å²) in [7, 11) is 0. The third-order valence-electron chi connectivity index (χ3n) is 4.19. The summed E-state index contributed by atoms with van der Waals surface area (Å²) in [6.45, 7) is 4.00. The number of carbonyl (C=O) groups is 1. The fourth-order valence-corrected chi connectivity index (χ4v) is 2.92. The lowest BCUT2D eigenvalue weighted by Crippen LogP contribution is -2.42. The Hall–Kier alpha value is -3.09. The van der Waals surface area contributed by atoms with Crippen molar-refractivity contribution in [2.75, 3.05) is 22.5 Å². The topological polar surface area (TPSA) is 107 Å². The molecule has 7 heteroatoms. The lowest BCUT2D eigenvalue weighted by Gasteiger charge is -2.29. The third-order valence-corrected chi connectivity index (χ3v) is 4.19. The fraction of sp³-hybridized carbons (Fsp3) is 0.278. The first-order chi connectivity index (χ1) is 12.0. The van der Waals surface area contributed by atoms with E-state index < -0.39 is 6.09 Å². The second kappa shape index (κ2) is 6.80. The van der Waals surface area contributed by atoms with Gasteiger partial charge in [-0.2, -0.15) is 0 Å². The van der Waals surface area contributed by atoms with Crippen molar-refractivity contribution in [2.24, 2.45) is 4.99 Å². The van der Waals surface area contributed by atoms with E-state index in [1.54, 1.807) is 13.0 Å². The smallest absolute Gasteiger partial charge is 0.153 e. The van der Waals surface area contributed by atoms with Gasteiger partial charge in [0.1, 0.15) is 17.6 Å². The normalized spacial score (nSPS) is 15.8. The van der Waals surface area contributed by atoms with E-state index in [2.05, 4.69) is 17.2 Å². The SMILES string of the molecule is CCC1Nc2cc(N(CC)C(=O)[O-])nc(N)c2N=C1c1ccccc1.